The molecule has 6 nitrogen and oxygen atoms in total. The van der Waals surface area contributed by atoms with Gasteiger partial charge in [-0.2, -0.15) is 9.97 Å². The highest BCUT2D eigenvalue weighted by Crippen LogP contribution is 2.40. The number of fused-ring (bicyclic) bond motifs is 9. The molecule has 0 bridgehead atoms. The lowest BCUT2D eigenvalue weighted by atomic mass is 10.1. The van der Waals surface area contributed by atoms with Gasteiger partial charge in [0.05, 0.1) is 33.1 Å². The number of para-hydroxylation sites is 5. The van der Waals surface area contributed by atoms with Gasteiger partial charge in [-0.1, -0.05) is 133 Å². The minimum Gasteiger partial charge on any atom is -0.309 e. The molecule has 0 fully saturated rings. The Morgan fingerprint density at radius 2 is 0.667 bits per heavy atom. The van der Waals surface area contributed by atoms with E-state index in [-0.39, 0.29) is 0 Å². The summed E-state index contributed by atoms with van der Waals surface area (Å²) in [5, 5.41) is 7.01. The summed E-state index contributed by atoms with van der Waals surface area (Å²) in [5.41, 5.74) is 10.7. The third kappa shape index (κ3) is 4.81. The second kappa shape index (κ2) is 12.3. The molecule has 0 saturated heterocycles. The van der Waals surface area contributed by atoms with E-state index in [0.717, 1.165) is 60.9 Å². The Kier molecular flexibility index (Phi) is 6.83. The van der Waals surface area contributed by atoms with Crippen LogP contribution in [0.1, 0.15) is 0 Å². The van der Waals surface area contributed by atoms with Gasteiger partial charge < -0.3 is 9.13 Å². The maximum atomic E-state index is 5.36. The van der Waals surface area contributed by atoms with Crippen molar-refractivity contribution in [2.45, 2.75) is 0 Å². The normalized spacial score (nSPS) is 11.9. The number of hydrogen-bond acceptors (Lipinski definition) is 3. The highest BCUT2D eigenvalue weighted by Gasteiger charge is 2.22. The molecule has 266 valence electrons. The third-order valence-corrected chi connectivity index (χ3v) is 11.3. The van der Waals surface area contributed by atoms with Gasteiger partial charge in [0, 0.05) is 54.8 Å². The van der Waals surface area contributed by atoms with Crippen LogP contribution in [0.15, 0.2) is 194 Å². The van der Waals surface area contributed by atoms with Gasteiger partial charge in [0.1, 0.15) is 0 Å². The Morgan fingerprint density at radius 3 is 1.23 bits per heavy atom. The van der Waals surface area contributed by atoms with E-state index in [1.54, 1.807) is 0 Å². The molecule has 4 aromatic heterocycles. The van der Waals surface area contributed by atoms with E-state index in [4.69, 9.17) is 15.0 Å². The van der Waals surface area contributed by atoms with Crippen LogP contribution in [0.4, 0.5) is 0 Å². The highest BCUT2D eigenvalue weighted by atomic mass is 15.2. The molecule has 8 aromatic carbocycles. The largest absolute Gasteiger partial charge is 0.309 e. The lowest BCUT2D eigenvalue weighted by Crippen LogP contribution is -2.06. The first-order chi connectivity index (χ1) is 28.3. The van der Waals surface area contributed by atoms with Crippen molar-refractivity contribution >= 4 is 65.4 Å². The smallest absolute Gasteiger partial charge is 0.238 e. The first-order valence-corrected chi connectivity index (χ1v) is 19.2. The van der Waals surface area contributed by atoms with E-state index >= 15 is 0 Å². The number of aromatic nitrogens is 6. The van der Waals surface area contributed by atoms with Crippen molar-refractivity contribution in [3.05, 3.63) is 194 Å². The summed E-state index contributed by atoms with van der Waals surface area (Å²) >= 11 is 0. The van der Waals surface area contributed by atoms with Gasteiger partial charge in [-0.05, 0) is 60.7 Å². The predicted molar refractivity (Wildman–Crippen MR) is 234 cm³/mol. The number of rotatable bonds is 5. The van der Waals surface area contributed by atoms with Crippen molar-refractivity contribution in [1.82, 2.24) is 28.7 Å². The van der Waals surface area contributed by atoms with Gasteiger partial charge in [-0.3, -0.25) is 4.57 Å². The van der Waals surface area contributed by atoms with Crippen molar-refractivity contribution in [1.29, 1.82) is 0 Å². The lowest BCUT2D eigenvalue weighted by molar-refractivity contribution is 0.954. The summed E-state index contributed by atoms with van der Waals surface area (Å²) in [7, 11) is 0. The molecule has 0 unspecified atom stereocenters. The molecule has 0 aliphatic rings. The monoisotopic (exact) mass is 728 g/mol. The van der Waals surface area contributed by atoms with E-state index in [9.17, 15) is 0 Å². The summed E-state index contributed by atoms with van der Waals surface area (Å²) in [5.74, 6) is 1.80. The van der Waals surface area contributed by atoms with Crippen LogP contribution < -0.4 is 0 Å². The fourth-order valence-corrected chi connectivity index (χ4v) is 8.78. The van der Waals surface area contributed by atoms with Crippen LogP contribution in [0.2, 0.25) is 0 Å². The van der Waals surface area contributed by atoms with E-state index in [1.165, 1.54) is 27.1 Å². The van der Waals surface area contributed by atoms with Crippen LogP contribution in [0, 0.1) is 0 Å². The Hall–Kier alpha value is -7.83. The zero-order valence-electron chi connectivity index (χ0n) is 30.7. The summed E-state index contributed by atoms with van der Waals surface area (Å²) in [6.45, 7) is 0. The number of hydrogen-bond donors (Lipinski definition) is 0. The second-order valence-corrected chi connectivity index (χ2v) is 14.5. The van der Waals surface area contributed by atoms with Crippen LogP contribution in [0.5, 0.6) is 0 Å². The molecule has 0 saturated carbocycles. The molecular formula is C51H32N6. The van der Waals surface area contributed by atoms with Crippen molar-refractivity contribution in [3.8, 4) is 40.1 Å². The Bertz CT molecular complexity index is 3510. The SMILES string of the molecule is c1ccc(-c2nc(-c3ccc4c5ccccc5n(-c5ccccc5)c4c3)nc(-n3c4ccccc4c4cc5c(cc43)c3ccccc3n5-c3ccccc3)n2)cc1. The molecule has 0 N–H and O–H groups in total. The molecule has 57 heavy (non-hydrogen) atoms. The van der Waals surface area contributed by atoms with Crippen LogP contribution >= 0.6 is 0 Å². The fraction of sp³-hybridized carbons (Fsp3) is 0. The zero-order valence-corrected chi connectivity index (χ0v) is 30.7. The molecule has 4 heterocycles. The van der Waals surface area contributed by atoms with Gasteiger partial charge in [0.15, 0.2) is 11.6 Å². The van der Waals surface area contributed by atoms with Gasteiger partial charge >= 0.3 is 0 Å². The Labute approximate surface area is 327 Å². The topological polar surface area (TPSA) is 53.5 Å². The van der Waals surface area contributed by atoms with Crippen molar-refractivity contribution in [2.24, 2.45) is 0 Å². The molecule has 0 spiro atoms. The molecule has 0 radical (unpaired) electrons. The van der Waals surface area contributed by atoms with E-state index in [1.807, 2.05) is 18.2 Å². The fourth-order valence-electron chi connectivity index (χ4n) is 8.78. The Balaban J connectivity index is 1.15. The van der Waals surface area contributed by atoms with Crippen molar-refractivity contribution in [3.63, 3.8) is 0 Å². The van der Waals surface area contributed by atoms with Crippen LogP contribution in [0.25, 0.3) is 106 Å². The highest BCUT2D eigenvalue weighted by molar-refractivity contribution is 6.19. The van der Waals surface area contributed by atoms with E-state index in [2.05, 4.69) is 190 Å². The predicted octanol–water partition coefficient (Wildman–Crippen LogP) is 12.5. The average molecular weight is 729 g/mol. The maximum Gasteiger partial charge on any atom is 0.238 e. The van der Waals surface area contributed by atoms with Crippen molar-refractivity contribution in [2.75, 3.05) is 0 Å². The van der Waals surface area contributed by atoms with Gasteiger partial charge in [0.2, 0.25) is 5.95 Å². The second-order valence-electron chi connectivity index (χ2n) is 14.5. The summed E-state index contributed by atoms with van der Waals surface area (Å²) in [4.78, 5) is 15.8. The standard InChI is InChI=1S/C51H32N6/c1-4-16-33(17-5-1)49-52-50(34-28-29-40-37-22-10-13-25-43(37)55(46(40)30-34)35-18-6-2-7-19-35)54-51(53-49)57-45-27-15-12-24-39(45)42-31-47-41(32-48(42)57)38-23-11-14-26-44(38)56(47)36-20-8-3-9-21-36/h1-32H. The number of nitrogens with zero attached hydrogens (tertiary/aromatic N) is 6. The quantitative estimate of drug-likeness (QED) is 0.177. The maximum absolute atomic E-state index is 5.36. The van der Waals surface area contributed by atoms with Crippen molar-refractivity contribution < 1.29 is 0 Å². The molecule has 12 aromatic rings. The number of benzene rings is 8. The van der Waals surface area contributed by atoms with E-state index in [0.29, 0.717) is 17.6 Å². The minimum atomic E-state index is 0.569. The van der Waals surface area contributed by atoms with Crippen LogP contribution in [0.3, 0.4) is 0 Å². The summed E-state index contributed by atoms with van der Waals surface area (Å²) < 4.78 is 6.92. The van der Waals surface area contributed by atoms with E-state index < -0.39 is 0 Å². The summed E-state index contributed by atoms with van der Waals surface area (Å²) in [6, 6.07) is 68.4. The van der Waals surface area contributed by atoms with Gasteiger partial charge in [-0.15, -0.1) is 0 Å². The van der Waals surface area contributed by atoms with Gasteiger partial charge in [-0.25, -0.2) is 4.98 Å². The lowest BCUT2D eigenvalue weighted by Gasteiger charge is -2.12. The van der Waals surface area contributed by atoms with Gasteiger partial charge in [0.25, 0.3) is 0 Å². The average Bonchev–Trinajstić information content (AvgIpc) is 3.91. The van der Waals surface area contributed by atoms with Crippen LogP contribution in [-0.2, 0) is 0 Å². The molecule has 6 heteroatoms. The molecule has 0 amide bonds. The third-order valence-electron chi connectivity index (χ3n) is 11.3. The first kappa shape index (κ1) is 31.5. The molecule has 0 aliphatic carbocycles. The summed E-state index contributed by atoms with van der Waals surface area (Å²) in [6.07, 6.45) is 0. The molecular weight excluding hydrogens is 697 g/mol. The molecule has 12 rings (SSSR count). The first-order valence-electron chi connectivity index (χ1n) is 19.2. The minimum absolute atomic E-state index is 0.569. The van der Waals surface area contributed by atoms with Crippen LogP contribution in [-0.4, -0.2) is 28.7 Å². The Morgan fingerprint density at radius 1 is 0.263 bits per heavy atom. The zero-order chi connectivity index (χ0) is 37.5. The molecule has 0 atom stereocenters. The molecule has 0 aliphatic heterocycles.